The first-order chi connectivity index (χ1) is 7.02. The second-order valence-electron chi connectivity index (χ2n) is 3.00. The van der Waals surface area contributed by atoms with Crippen molar-refractivity contribution in [3.63, 3.8) is 0 Å². The highest BCUT2D eigenvalue weighted by atomic mass is 35.5. The first-order valence-corrected chi connectivity index (χ1v) is 4.36. The molecule has 2 N–H and O–H groups in total. The fourth-order valence-corrected chi connectivity index (χ4v) is 1.72. The lowest BCUT2D eigenvalue weighted by Crippen LogP contribution is -2.11. The van der Waals surface area contributed by atoms with Crippen molar-refractivity contribution in [1.82, 2.24) is 0 Å². The van der Waals surface area contributed by atoms with Gasteiger partial charge in [0.25, 0.3) is 11.6 Å². The highest BCUT2D eigenvalue weighted by Gasteiger charge is 2.36. The van der Waals surface area contributed by atoms with Crippen molar-refractivity contribution in [3.8, 4) is 0 Å². The number of aliphatic hydroxyl groups is 1. The van der Waals surface area contributed by atoms with Crippen LogP contribution in [0.5, 0.6) is 0 Å². The molecular weight excluding hydrogens is 224 g/mol. The molecule has 0 spiro atoms. The Kier molecular flexibility index (Phi) is 2.09. The third kappa shape index (κ3) is 1.34. The second-order valence-corrected chi connectivity index (χ2v) is 3.41. The van der Waals surface area contributed by atoms with Gasteiger partial charge in [-0.3, -0.25) is 14.9 Å². The molecule has 1 amide bonds. The van der Waals surface area contributed by atoms with Crippen molar-refractivity contribution in [3.05, 3.63) is 32.8 Å². The number of rotatable bonds is 1. The molecule has 1 aliphatic rings. The molecule has 2 rings (SSSR count). The summed E-state index contributed by atoms with van der Waals surface area (Å²) >= 11 is 5.73. The minimum absolute atomic E-state index is 0.0231. The van der Waals surface area contributed by atoms with Gasteiger partial charge >= 0.3 is 0 Å². The van der Waals surface area contributed by atoms with E-state index in [1.165, 1.54) is 12.1 Å². The van der Waals surface area contributed by atoms with Crippen LogP contribution in [0, 0.1) is 10.1 Å². The number of hydrogen-bond acceptors (Lipinski definition) is 4. The summed E-state index contributed by atoms with van der Waals surface area (Å²) in [7, 11) is 0. The number of aliphatic hydroxyl groups excluding tert-OH is 1. The van der Waals surface area contributed by atoms with E-state index in [-0.39, 0.29) is 22.0 Å². The lowest BCUT2D eigenvalue weighted by Gasteiger charge is -2.03. The van der Waals surface area contributed by atoms with E-state index < -0.39 is 16.9 Å². The van der Waals surface area contributed by atoms with E-state index >= 15 is 0 Å². The first kappa shape index (κ1) is 9.88. The molecule has 15 heavy (non-hydrogen) atoms. The largest absolute Gasteiger partial charge is 0.378 e. The van der Waals surface area contributed by atoms with Crippen LogP contribution in [-0.4, -0.2) is 15.9 Å². The van der Waals surface area contributed by atoms with E-state index in [1.807, 2.05) is 0 Å². The Morgan fingerprint density at radius 2 is 2.20 bits per heavy atom. The Morgan fingerprint density at radius 1 is 1.53 bits per heavy atom. The zero-order valence-corrected chi connectivity index (χ0v) is 7.99. The summed E-state index contributed by atoms with van der Waals surface area (Å²) in [6.07, 6.45) is -1.44. The molecule has 1 atom stereocenters. The zero-order chi connectivity index (χ0) is 11.2. The van der Waals surface area contributed by atoms with Gasteiger partial charge in [0.2, 0.25) is 0 Å². The monoisotopic (exact) mass is 228 g/mol. The molecule has 0 fully saturated rings. The van der Waals surface area contributed by atoms with Crippen molar-refractivity contribution in [2.75, 3.05) is 5.32 Å². The molecule has 78 valence electrons. The minimum Gasteiger partial charge on any atom is -0.378 e. The maximum Gasteiger partial charge on any atom is 0.293 e. The van der Waals surface area contributed by atoms with Crippen molar-refractivity contribution >= 4 is 28.9 Å². The van der Waals surface area contributed by atoms with Gasteiger partial charge in [0.1, 0.15) is 5.69 Å². The Hall–Kier alpha value is -1.66. The van der Waals surface area contributed by atoms with Gasteiger partial charge in [-0.15, -0.1) is 0 Å². The molecule has 1 aliphatic heterocycles. The van der Waals surface area contributed by atoms with Crippen LogP contribution in [0.1, 0.15) is 11.7 Å². The number of amides is 1. The number of hydrogen-bond donors (Lipinski definition) is 2. The number of nitrogens with zero attached hydrogens (tertiary/aromatic N) is 1. The van der Waals surface area contributed by atoms with Crippen LogP contribution in [-0.2, 0) is 4.79 Å². The molecule has 0 radical (unpaired) electrons. The summed E-state index contributed by atoms with van der Waals surface area (Å²) in [6.45, 7) is 0. The third-order valence-corrected chi connectivity index (χ3v) is 2.47. The highest BCUT2D eigenvalue weighted by molar-refractivity contribution is 6.33. The van der Waals surface area contributed by atoms with Crippen LogP contribution in [0.4, 0.5) is 11.4 Å². The molecule has 0 saturated heterocycles. The number of carbonyl (C=O) groups is 1. The molecule has 0 bridgehead atoms. The Morgan fingerprint density at radius 3 is 2.80 bits per heavy atom. The van der Waals surface area contributed by atoms with E-state index in [0.29, 0.717) is 0 Å². The molecule has 7 heteroatoms. The maximum atomic E-state index is 11.1. The number of nitrogens with one attached hydrogen (secondary N) is 1. The summed E-state index contributed by atoms with van der Waals surface area (Å²) in [5, 5.41) is 22.4. The van der Waals surface area contributed by atoms with Gasteiger partial charge in [-0.2, -0.15) is 0 Å². The van der Waals surface area contributed by atoms with E-state index in [9.17, 15) is 20.0 Å². The van der Waals surface area contributed by atoms with E-state index in [0.717, 1.165) is 0 Å². The standard InChI is InChI=1S/C8H5ClN2O4/c9-3-1-2-4(11(14)15)6-5(3)7(12)8(13)10-6/h1-2,7,12H,(H,10,13). The van der Waals surface area contributed by atoms with Crippen molar-refractivity contribution in [1.29, 1.82) is 0 Å². The first-order valence-electron chi connectivity index (χ1n) is 3.98. The van der Waals surface area contributed by atoms with Crippen molar-refractivity contribution in [2.45, 2.75) is 6.10 Å². The maximum absolute atomic E-state index is 11.1. The SMILES string of the molecule is O=C1Nc2c([N+](=O)[O-])ccc(Cl)c2C1O. The summed E-state index contributed by atoms with van der Waals surface area (Å²) in [6, 6.07) is 2.46. The van der Waals surface area contributed by atoms with Gasteiger partial charge in [-0.25, -0.2) is 0 Å². The number of carbonyl (C=O) groups excluding carboxylic acids is 1. The molecular formula is C8H5ClN2O4. The summed E-state index contributed by atoms with van der Waals surface area (Å²) in [5.41, 5.74) is -0.236. The number of nitro groups is 1. The average Bonchev–Trinajstić information content (AvgIpc) is 2.44. The molecule has 0 saturated carbocycles. The van der Waals surface area contributed by atoms with Crippen LogP contribution in [0.15, 0.2) is 12.1 Å². The van der Waals surface area contributed by atoms with Crippen molar-refractivity contribution in [2.24, 2.45) is 0 Å². The zero-order valence-electron chi connectivity index (χ0n) is 7.23. The van der Waals surface area contributed by atoms with E-state index in [2.05, 4.69) is 5.32 Å². The summed E-state index contributed by atoms with van der Waals surface area (Å²) in [5.74, 6) is -0.707. The summed E-state index contributed by atoms with van der Waals surface area (Å²) in [4.78, 5) is 21.1. The van der Waals surface area contributed by atoms with Crippen LogP contribution in [0.3, 0.4) is 0 Å². The van der Waals surface area contributed by atoms with Gasteiger partial charge in [0, 0.05) is 16.7 Å². The van der Waals surface area contributed by atoms with Gasteiger partial charge in [-0.05, 0) is 6.07 Å². The molecule has 1 heterocycles. The van der Waals surface area contributed by atoms with Crippen LogP contribution >= 0.6 is 11.6 Å². The predicted molar refractivity (Wildman–Crippen MR) is 51.7 cm³/mol. The smallest absolute Gasteiger partial charge is 0.293 e. The molecule has 1 unspecified atom stereocenters. The fraction of sp³-hybridized carbons (Fsp3) is 0.125. The van der Waals surface area contributed by atoms with Crippen LogP contribution < -0.4 is 5.32 Å². The molecule has 0 aromatic heterocycles. The molecule has 1 aromatic carbocycles. The van der Waals surface area contributed by atoms with Crippen LogP contribution in [0.25, 0.3) is 0 Å². The third-order valence-electron chi connectivity index (χ3n) is 2.14. The molecule has 6 nitrogen and oxygen atoms in total. The topological polar surface area (TPSA) is 92.5 Å². The fourth-order valence-electron chi connectivity index (χ4n) is 1.46. The second kappa shape index (κ2) is 3.18. The van der Waals surface area contributed by atoms with Gasteiger partial charge < -0.3 is 10.4 Å². The molecule has 0 aliphatic carbocycles. The average molecular weight is 229 g/mol. The number of halogens is 1. The van der Waals surface area contributed by atoms with E-state index in [4.69, 9.17) is 11.6 Å². The Bertz CT molecular complexity index is 474. The van der Waals surface area contributed by atoms with Gasteiger partial charge in [0.05, 0.1) is 4.92 Å². The van der Waals surface area contributed by atoms with E-state index in [1.54, 1.807) is 0 Å². The lowest BCUT2D eigenvalue weighted by molar-refractivity contribution is -0.383. The highest BCUT2D eigenvalue weighted by Crippen LogP contribution is 2.42. The summed E-state index contributed by atoms with van der Waals surface area (Å²) < 4.78 is 0. The quantitative estimate of drug-likeness (QED) is 0.559. The number of nitro benzene ring substituents is 1. The number of fused-ring (bicyclic) bond motifs is 1. The van der Waals surface area contributed by atoms with Gasteiger partial charge in [0.15, 0.2) is 6.10 Å². The normalized spacial score (nSPS) is 18.5. The number of anilines is 1. The molecule has 1 aromatic rings. The Balaban J connectivity index is 2.69. The van der Waals surface area contributed by atoms with Gasteiger partial charge in [-0.1, -0.05) is 11.6 Å². The lowest BCUT2D eigenvalue weighted by atomic mass is 10.1. The Labute approximate surface area is 88.6 Å². The minimum atomic E-state index is -1.44. The van der Waals surface area contributed by atoms with Crippen molar-refractivity contribution < 1.29 is 14.8 Å². The number of benzene rings is 1. The van der Waals surface area contributed by atoms with Crippen LogP contribution in [0.2, 0.25) is 5.02 Å². The predicted octanol–water partition coefficient (Wildman–Crippen LogP) is 1.23.